The number of aryl methyl sites for hydroxylation is 1. The number of rotatable bonds is 4. The molecule has 0 amide bonds. The predicted molar refractivity (Wildman–Crippen MR) is 88.3 cm³/mol. The number of hydrogen-bond acceptors (Lipinski definition) is 2. The third-order valence-electron chi connectivity index (χ3n) is 3.82. The van der Waals surface area contributed by atoms with Crippen molar-refractivity contribution in [1.82, 2.24) is 9.13 Å². The Morgan fingerprint density at radius 2 is 1.77 bits per heavy atom. The molecule has 4 heteroatoms. The van der Waals surface area contributed by atoms with E-state index in [-0.39, 0.29) is 11.7 Å². The summed E-state index contributed by atoms with van der Waals surface area (Å²) in [6.07, 6.45) is 0. The standard InChI is InChI=1S/C18H20N2O2/c1-13(2)20-15-10-7-11-16(17(15)19(3)18(20)21)22-12-14-8-5-4-6-9-14/h4-11,13H,12H2,1-3H3. The fraction of sp³-hybridized carbons (Fsp3) is 0.278. The molecule has 22 heavy (non-hydrogen) atoms. The first-order valence-corrected chi connectivity index (χ1v) is 7.46. The highest BCUT2D eigenvalue weighted by Crippen LogP contribution is 2.26. The van der Waals surface area contributed by atoms with E-state index >= 15 is 0 Å². The molecule has 0 aliphatic carbocycles. The summed E-state index contributed by atoms with van der Waals surface area (Å²) >= 11 is 0. The van der Waals surface area contributed by atoms with Crippen molar-refractivity contribution in [3.8, 4) is 5.75 Å². The van der Waals surface area contributed by atoms with E-state index in [1.165, 1.54) is 0 Å². The second kappa shape index (κ2) is 5.72. The average Bonchev–Trinajstić information content (AvgIpc) is 2.78. The topological polar surface area (TPSA) is 36.2 Å². The Labute approximate surface area is 129 Å². The van der Waals surface area contributed by atoms with Gasteiger partial charge in [-0.15, -0.1) is 0 Å². The molecular formula is C18H20N2O2. The van der Waals surface area contributed by atoms with Crippen molar-refractivity contribution in [2.75, 3.05) is 0 Å². The zero-order chi connectivity index (χ0) is 15.7. The van der Waals surface area contributed by atoms with Gasteiger partial charge in [0.15, 0.2) is 0 Å². The van der Waals surface area contributed by atoms with Crippen LogP contribution in [0.4, 0.5) is 0 Å². The predicted octanol–water partition coefficient (Wildman–Crippen LogP) is 3.50. The number of benzene rings is 2. The Morgan fingerprint density at radius 3 is 2.45 bits per heavy atom. The summed E-state index contributed by atoms with van der Waals surface area (Å²) in [5.74, 6) is 0.736. The van der Waals surface area contributed by atoms with Crippen molar-refractivity contribution < 1.29 is 4.74 Å². The van der Waals surface area contributed by atoms with Gasteiger partial charge in [-0.3, -0.25) is 9.13 Å². The lowest BCUT2D eigenvalue weighted by molar-refractivity contribution is 0.309. The van der Waals surface area contributed by atoms with Crippen LogP contribution in [0.2, 0.25) is 0 Å². The lowest BCUT2D eigenvalue weighted by Gasteiger charge is -2.09. The third kappa shape index (κ3) is 2.41. The van der Waals surface area contributed by atoms with Gasteiger partial charge in [-0.2, -0.15) is 0 Å². The second-order valence-electron chi connectivity index (χ2n) is 5.70. The molecule has 0 saturated carbocycles. The van der Waals surface area contributed by atoms with Crippen LogP contribution in [0.5, 0.6) is 5.75 Å². The smallest absolute Gasteiger partial charge is 0.329 e. The summed E-state index contributed by atoms with van der Waals surface area (Å²) < 4.78 is 9.42. The van der Waals surface area contributed by atoms with Gasteiger partial charge in [-0.25, -0.2) is 4.79 Å². The van der Waals surface area contributed by atoms with E-state index in [0.29, 0.717) is 6.61 Å². The maximum atomic E-state index is 12.4. The molecule has 2 aromatic carbocycles. The summed E-state index contributed by atoms with van der Waals surface area (Å²) in [4.78, 5) is 12.4. The fourth-order valence-electron chi connectivity index (χ4n) is 2.75. The zero-order valence-corrected chi connectivity index (χ0v) is 13.1. The lowest BCUT2D eigenvalue weighted by Crippen LogP contribution is -2.23. The van der Waals surface area contributed by atoms with Gasteiger partial charge in [-0.05, 0) is 31.5 Å². The number of aromatic nitrogens is 2. The van der Waals surface area contributed by atoms with E-state index in [1.54, 1.807) is 16.2 Å². The molecule has 0 saturated heterocycles. The highest BCUT2D eigenvalue weighted by molar-refractivity contribution is 5.82. The third-order valence-corrected chi connectivity index (χ3v) is 3.82. The monoisotopic (exact) mass is 296 g/mol. The number of imidazole rings is 1. The van der Waals surface area contributed by atoms with Crippen LogP contribution in [0.1, 0.15) is 25.5 Å². The van der Waals surface area contributed by atoms with Crippen LogP contribution in [0.15, 0.2) is 53.3 Å². The highest BCUT2D eigenvalue weighted by atomic mass is 16.5. The molecule has 3 aromatic rings. The molecule has 114 valence electrons. The van der Waals surface area contributed by atoms with Crippen molar-refractivity contribution in [3.63, 3.8) is 0 Å². The molecule has 0 unspecified atom stereocenters. The lowest BCUT2D eigenvalue weighted by atomic mass is 10.2. The Kier molecular flexibility index (Phi) is 3.75. The summed E-state index contributed by atoms with van der Waals surface area (Å²) in [5, 5.41) is 0. The van der Waals surface area contributed by atoms with Crippen LogP contribution in [0.25, 0.3) is 11.0 Å². The van der Waals surface area contributed by atoms with E-state index in [1.807, 2.05) is 62.4 Å². The Morgan fingerprint density at radius 1 is 1.05 bits per heavy atom. The van der Waals surface area contributed by atoms with Crippen molar-refractivity contribution >= 4 is 11.0 Å². The van der Waals surface area contributed by atoms with Crippen molar-refractivity contribution in [2.24, 2.45) is 7.05 Å². The van der Waals surface area contributed by atoms with Gasteiger partial charge in [0.05, 0.1) is 5.52 Å². The van der Waals surface area contributed by atoms with Gasteiger partial charge in [0.25, 0.3) is 0 Å². The molecule has 0 bridgehead atoms. The summed E-state index contributed by atoms with van der Waals surface area (Å²) in [6, 6.07) is 15.9. The van der Waals surface area contributed by atoms with Crippen LogP contribution in [-0.4, -0.2) is 9.13 Å². The minimum Gasteiger partial charge on any atom is -0.487 e. The number of fused-ring (bicyclic) bond motifs is 1. The molecule has 0 aliphatic rings. The van der Waals surface area contributed by atoms with Gasteiger partial charge in [-0.1, -0.05) is 36.4 Å². The first kappa shape index (κ1) is 14.4. The molecule has 1 heterocycles. The van der Waals surface area contributed by atoms with Gasteiger partial charge >= 0.3 is 5.69 Å². The molecule has 0 spiro atoms. The molecule has 1 aromatic heterocycles. The summed E-state index contributed by atoms with van der Waals surface area (Å²) in [6.45, 7) is 4.51. The van der Waals surface area contributed by atoms with Crippen LogP contribution in [0.3, 0.4) is 0 Å². The fourth-order valence-corrected chi connectivity index (χ4v) is 2.75. The largest absolute Gasteiger partial charge is 0.487 e. The van der Waals surface area contributed by atoms with Gasteiger partial charge in [0.2, 0.25) is 0 Å². The molecule has 0 fully saturated rings. The van der Waals surface area contributed by atoms with Gasteiger partial charge in [0.1, 0.15) is 17.9 Å². The van der Waals surface area contributed by atoms with Crippen molar-refractivity contribution in [3.05, 3.63) is 64.6 Å². The van der Waals surface area contributed by atoms with Crippen LogP contribution in [0, 0.1) is 0 Å². The van der Waals surface area contributed by atoms with Gasteiger partial charge in [0, 0.05) is 13.1 Å². The molecule has 4 nitrogen and oxygen atoms in total. The molecule has 0 radical (unpaired) electrons. The van der Waals surface area contributed by atoms with Crippen molar-refractivity contribution in [1.29, 1.82) is 0 Å². The van der Waals surface area contributed by atoms with Crippen LogP contribution in [-0.2, 0) is 13.7 Å². The molecule has 0 N–H and O–H groups in total. The highest BCUT2D eigenvalue weighted by Gasteiger charge is 2.16. The molecule has 0 aliphatic heterocycles. The number of hydrogen-bond donors (Lipinski definition) is 0. The molecule has 0 atom stereocenters. The van der Waals surface area contributed by atoms with E-state index in [9.17, 15) is 4.79 Å². The Hall–Kier alpha value is -2.49. The van der Waals surface area contributed by atoms with E-state index in [4.69, 9.17) is 4.74 Å². The number of nitrogens with zero attached hydrogens (tertiary/aromatic N) is 2. The molecular weight excluding hydrogens is 276 g/mol. The first-order valence-electron chi connectivity index (χ1n) is 7.46. The van der Waals surface area contributed by atoms with Crippen LogP contribution < -0.4 is 10.4 Å². The van der Waals surface area contributed by atoms with E-state index in [2.05, 4.69) is 0 Å². The number of para-hydroxylation sites is 1. The Balaban J connectivity index is 2.04. The zero-order valence-electron chi connectivity index (χ0n) is 13.1. The SMILES string of the molecule is CC(C)n1c(=O)n(C)c2c(OCc3ccccc3)cccc21. The minimum atomic E-state index is -0.0132. The Bertz CT molecular complexity index is 845. The van der Waals surface area contributed by atoms with Crippen molar-refractivity contribution in [2.45, 2.75) is 26.5 Å². The second-order valence-corrected chi connectivity index (χ2v) is 5.70. The maximum absolute atomic E-state index is 12.4. The quantitative estimate of drug-likeness (QED) is 0.739. The van der Waals surface area contributed by atoms with E-state index in [0.717, 1.165) is 22.3 Å². The number of ether oxygens (including phenoxy) is 1. The van der Waals surface area contributed by atoms with E-state index < -0.39 is 0 Å². The first-order chi connectivity index (χ1) is 10.6. The summed E-state index contributed by atoms with van der Waals surface area (Å²) in [7, 11) is 1.79. The average molecular weight is 296 g/mol. The maximum Gasteiger partial charge on any atom is 0.329 e. The molecule has 3 rings (SSSR count). The summed E-state index contributed by atoms with van der Waals surface area (Å²) in [5.41, 5.74) is 2.85. The van der Waals surface area contributed by atoms with Crippen LogP contribution >= 0.6 is 0 Å². The van der Waals surface area contributed by atoms with Gasteiger partial charge < -0.3 is 4.74 Å². The minimum absolute atomic E-state index is 0.0132. The normalized spacial score (nSPS) is 11.3.